The Bertz CT molecular complexity index is 369. The van der Waals surface area contributed by atoms with Crippen molar-refractivity contribution in [1.29, 1.82) is 0 Å². The average molecular weight is 250 g/mol. The van der Waals surface area contributed by atoms with Gasteiger partial charge >= 0.3 is 0 Å². The van der Waals surface area contributed by atoms with Crippen LogP contribution in [0.25, 0.3) is 0 Å². The number of nitrogens with zero attached hydrogens (tertiary/aromatic N) is 1. The third kappa shape index (κ3) is 4.14. The molecule has 1 saturated carbocycles. The Hall–Kier alpha value is -0.800. The van der Waals surface area contributed by atoms with Crippen molar-refractivity contribution in [2.24, 2.45) is 0 Å². The molecule has 0 aliphatic heterocycles. The molecule has 1 fully saturated rings. The first kappa shape index (κ1) is 13.6. The highest BCUT2D eigenvalue weighted by atomic mass is 16.3. The molecule has 0 radical (unpaired) electrons. The largest absolute Gasteiger partial charge is 0.465 e. The molecule has 0 unspecified atom stereocenters. The molecule has 0 saturated heterocycles. The SMILES string of the molecule is CCCCN(C)Cc1cc(CNC2CC2)oc1C. The van der Waals surface area contributed by atoms with Crippen LogP contribution < -0.4 is 5.32 Å². The summed E-state index contributed by atoms with van der Waals surface area (Å²) in [5.41, 5.74) is 1.33. The molecule has 102 valence electrons. The van der Waals surface area contributed by atoms with Crippen LogP contribution >= 0.6 is 0 Å². The minimum Gasteiger partial charge on any atom is -0.465 e. The standard InChI is InChI=1S/C15H26N2O/c1-4-5-8-17(3)11-13-9-15(18-12(13)2)10-16-14-6-7-14/h9,14,16H,4-8,10-11H2,1-3H3. The summed E-state index contributed by atoms with van der Waals surface area (Å²) in [4.78, 5) is 2.37. The lowest BCUT2D eigenvalue weighted by molar-refractivity contribution is 0.318. The molecule has 2 rings (SSSR count). The summed E-state index contributed by atoms with van der Waals surface area (Å²) in [7, 11) is 2.18. The molecule has 18 heavy (non-hydrogen) atoms. The molecule has 3 heteroatoms. The van der Waals surface area contributed by atoms with Crippen molar-refractivity contribution in [2.45, 2.75) is 58.7 Å². The van der Waals surface area contributed by atoms with E-state index in [1.165, 1.54) is 31.2 Å². The van der Waals surface area contributed by atoms with Gasteiger partial charge in [-0.1, -0.05) is 13.3 Å². The van der Waals surface area contributed by atoms with Gasteiger partial charge in [0, 0.05) is 18.2 Å². The molecule has 0 atom stereocenters. The van der Waals surface area contributed by atoms with E-state index in [2.05, 4.69) is 37.2 Å². The molecular weight excluding hydrogens is 224 g/mol. The maximum atomic E-state index is 5.81. The Kier molecular flexibility index (Phi) is 4.84. The maximum absolute atomic E-state index is 5.81. The molecular formula is C15H26N2O. The van der Waals surface area contributed by atoms with Crippen molar-refractivity contribution in [3.63, 3.8) is 0 Å². The Morgan fingerprint density at radius 1 is 1.44 bits per heavy atom. The molecule has 0 amide bonds. The summed E-state index contributed by atoms with van der Waals surface area (Å²) in [6.07, 6.45) is 5.17. The predicted octanol–water partition coefficient (Wildman–Crippen LogP) is 3.07. The second-order valence-electron chi connectivity index (χ2n) is 5.54. The van der Waals surface area contributed by atoms with Crippen molar-refractivity contribution >= 4 is 0 Å². The van der Waals surface area contributed by atoms with E-state index in [0.29, 0.717) is 0 Å². The van der Waals surface area contributed by atoms with E-state index in [1.807, 2.05) is 0 Å². The summed E-state index contributed by atoms with van der Waals surface area (Å²) in [6.45, 7) is 7.35. The first-order valence-corrected chi connectivity index (χ1v) is 7.19. The quantitative estimate of drug-likeness (QED) is 0.768. The number of aryl methyl sites for hydroxylation is 1. The second kappa shape index (κ2) is 6.39. The number of rotatable bonds is 8. The van der Waals surface area contributed by atoms with Gasteiger partial charge in [0.25, 0.3) is 0 Å². The van der Waals surface area contributed by atoms with Crippen LogP contribution in [0.2, 0.25) is 0 Å². The molecule has 1 aliphatic carbocycles. The summed E-state index contributed by atoms with van der Waals surface area (Å²) in [6, 6.07) is 2.96. The number of unbranched alkanes of at least 4 members (excludes halogenated alkanes) is 1. The van der Waals surface area contributed by atoms with Gasteiger partial charge in [0.2, 0.25) is 0 Å². The van der Waals surface area contributed by atoms with Crippen molar-refractivity contribution < 1.29 is 4.42 Å². The Balaban J connectivity index is 1.82. The van der Waals surface area contributed by atoms with Crippen LogP contribution in [0, 0.1) is 6.92 Å². The van der Waals surface area contributed by atoms with Gasteiger partial charge in [0.15, 0.2) is 0 Å². The third-order valence-corrected chi connectivity index (χ3v) is 3.55. The van der Waals surface area contributed by atoms with Gasteiger partial charge in [-0.15, -0.1) is 0 Å². The zero-order valence-electron chi connectivity index (χ0n) is 12.0. The molecule has 1 aromatic heterocycles. The smallest absolute Gasteiger partial charge is 0.118 e. The van der Waals surface area contributed by atoms with Crippen molar-refractivity contribution in [3.8, 4) is 0 Å². The average Bonchev–Trinajstić information content (AvgIpc) is 3.11. The normalized spacial score (nSPS) is 15.6. The summed E-state index contributed by atoms with van der Waals surface area (Å²) < 4.78 is 5.81. The number of furan rings is 1. The fraction of sp³-hybridized carbons (Fsp3) is 0.733. The minimum atomic E-state index is 0.742. The molecule has 0 bridgehead atoms. The van der Waals surface area contributed by atoms with Crippen LogP contribution in [-0.2, 0) is 13.1 Å². The summed E-state index contributed by atoms with van der Waals surface area (Å²) >= 11 is 0. The Morgan fingerprint density at radius 2 is 2.22 bits per heavy atom. The highest BCUT2D eigenvalue weighted by molar-refractivity contribution is 5.20. The van der Waals surface area contributed by atoms with Gasteiger partial charge in [-0.3, -0.25) is 0 Å². The lowest BCUT2D eigenvalue weighted by Crippen LogP contribution is -2.19. The van der Waals surface area contributed by atoms with Crippen molar-refractivity contribution in [2.75, 3.05) is 13.6 Å². The van der Waals surface area contributed by atoms with Crippen LogP contribution in [0.1, 0.15) is 49.7 Å². The molecule has 1 heterocycles. The van der Waals surface area contributed by atoms with Gasteiger partial charge in [-0.05, 0) is 45.8 Å². The molecule has 0 aromatic carbocycles. The van der Waals surface area contributed by atoms with E-state index < -0.39 is 0 Å². The van der Waals surface area contributed by atoms with Gasteiger partial charge in [0.05, 0.1) is 6.54 Å². The van der Waals surface area contributed by atoms with Crippen LogP contribution in [0.4, 0.5) is 0 Å². The fourth-order valence-electron chi connectivity index (χ4n) is 2.16. The summed E-state index contributed by atoms with van der Waals surface area (Å²) in [5.74, 6) is 2.16. The van der Waals surface area contributed by atoms with Crippen molar-refractivity contribution in [1.82, 2.24) is 10.2 Å². The molecule has 1 aliphatic rings. The molecule has 1 aromatic rings. The van der Waals surface area contributed by atoms with E-state index in [9.17, 15) is 0 Å². The van der Waals surface area contributed by atoms with Crippen LogP contribution in [0.3, 0.4) is 0 Å². The van der Waals surface area contributed by atoms with Crippen molar-refractivity contribution in [3.05, 3.63) is 23.2 Å². The van der Waals surface area contributed by atoms with Crippen LogP contribution in [0.15, 0.2) is 10.5 Å². The maximum Gasteiger partial charge on any atom is 0.118 e. The highest BCUT2D eigenvalue weighted by Crippen LogP contribution is 2.21. The van der Waals surface area contributed by atoms with Gasteiger partial charge in [-0.25, -0.2) is 0 Å². The highest BCUT2D eigenvalue weighted by Gasteiger charge is 2.20. The van der Waals surface area contributed by atoms with E-state index in [-0.39, 0.29) is 0 Å². The number of hydrogen-bond acceptors (Lipinski definition) is 3. The lowest BCUT2D eigenvalue weighted by Gasteiger charge is -2.15. The Labute approximate surface area is 111 Å². The predicted molar refractivity (Wildman–Crippen MR) is 74.5 cm³/mol. The first-order valence-electron chi connectivity index (χ1n) is 7.19. The lowest BCUT2D eigenvalue weighted by atomic mass is 10.2. The third-order valence-electron chi connectivity index (χ3n) is 3.55. The Morgan fingerprint density at radius 3 is 2.89 bits per heavy atom. The molecule has 1 N–H and O–H groups in total. The number of nitrogens with one attached hydrogen (secondary N) is 1. The fourth-order valence-corrected chi connectivity index (χ4v) is 2.16. The minimum absolute atomic E-state index is 0.742. The topological polar surface area (TPSA) is 28.4 Å². The molecule has 0 spiro atoms. The van der Waals surface area contributed by atoms with Gasteiger partial charge < -0.3 is 14.6 Å². The zero-order valence-corrected chi connectivity index (χ0v) is 12.0. The van der Waals surface area contributed by atoms with E-state index in [4.69, 9.17) is 4.42 Å². The van der Waals surface area contributed by atoms with Gasteiger partial charge in [-0.2, -0.15) is 0 Å². The second-order valence-corrected chi connectivity index (χ2v) is 5.54. The number of hydrogen-bond donors (Lipinski definition) is 1. The van der Waals surface area contributed by atoms with Gasteiger partial charge in [0.1, 0.15) is 11.5 Å². The van der Waals surface area contributed by atoms with Crippen LogP contribution in [-0.4, -0.2) is 24.5 Å². The van der Waals surface area contributed by atoms with E-state index in [1.54, 1.807) is 0 Å². The van der Waals surface area contributed by atoms with E-state index >= 15 is 0 Å². The van der Waals surface area contributed by atoms with Crippen LogP contribution in [0.5, 0.6) is 0 Å². The first-order chi connectivity index (χ1) is 8.69. The monoisotopic (exact) mass is 250 g/mol. The van der Waals surface area contributed by atoms with E-state index in [0.717, 1.165) is 37.2 Å². The zero-order chi connectivity index (χ0) is 13.0. The molecule has 3 nitrogen and oxygen atoms in total. The summed E-state index contributed by atoms with van der Waals surface area (Å²) in [5, 5.41) is 3.49.